The van der Waals surface area contributed by atoms with E-state index in [0.29, 0.717) is 0 Å². The Morgan fingerprint density at radius 3 is 1.45 bits per heavy atom. The molecule has 0 amide bonds. The Kier molecular flexibility index (Phi) is 10.8. The molecular formula is C61H50BNO. The van der Waals surface area contributed by atoms with Crippen molar-refractivity contribution >= 4 is 40.2 Å². The fourth-order valence-corrected chi connectivity index (χ4v) is 10.1. The lowest BCUT2D eigenvalue weighted by Crippen LogP contribution is -2.59. The van der Waals surface area contributed by atoms with E-state index < -0.39 is 0 Å². The van der Waals surface area contributed by atoms with E-state index in [-0.39, 0.29) is 6.71 Å². The molecule has 0 saturated carbocycles. The van der Waals surface area contributed by atoms with Gasteiger partial charge in [0.1, 0.15) is 11.5 Å². The molecule has 308 valence electrons. The largest absolute Gasteiger partial charge is 0.458 e. The zero-order chi connectivity index (χ0) is 42.8. The highest BCUT2D eigenvalue weighted by atomic mass is 16.5. The van der Waals surface area contributed by atoms with Gasteiger partial charge in [-0.2, -0.15) is 0 Å². The van der Waals surface area contributed by atoms with Crippen molar-refractivity contribution < 1.29 is 4.74 Å². The normalized spacial score (nSPS) is 12.3. The van der Waals surface area contributed by atoms with Crippen LogP contribution in [-0.2, 0) is 6.42 Å². The van der Waals surface area contributed by atoms with Crippen LogP contribution in [0.2, 0.25) is 0 Å². The van der Waals surface area contributed by atoms with Crippen molar-refractivity contribution in [3.8, 4) is 67.1 Å². The van der Waals surface area contributed by atoms with Crippen LogP contribution in [0.3, 0.4) is 0 Å². The predicted octanol–water partition coefficient (Wildman–Crippen LogP) is 14.9. The molecule has 9 aromatic rings. The summed E-state index contributed by atoms with van der Waals surface area (Å²) in [7, 11) is 0. The lowest BCUT2D eigenvalue weighted by atomic mass is 9.34. The molecule has 0 atom stereocenters. The molecule has 2 nitrogen and oxygen atoms in total. The van der Waals surface area contributed by atoms with E-state index in [0.717, 1.165) is 30.0 Å². The Labute approximate surface area is 378 Å². The van der Waals surface area contributed by atoms with Crippen LogP contribution in [0.5, 0.6) is 11.5 Å². The number of unbranched alkanes of at least 4 members (excludes halogenated alkanes) is 4. The van der Waals surface area contributed by atoms with Gasteiger partial charge in [0.05, 0.1) is 5.69 Å². The topological polar surface area (TPSA) is 12.5 Å². The minimum atomic E-state index is -0.0603. The summed E-state index contributed by atoms with van der Waals surface area (Å²) >= 11 is 0. The quantitative estimate of drug-likeness (QED) is 0.0899. The summed E-state index contributed by atoms with van der Waals surface area (Å²) in [5, 5.41) is 0. The SMILES string of the molecule is CCCCCCCc1cc2c3c(c1)N(c1c(-c4ccccc4)cc(-c4ccccc4)cc1-c1ccccc1)c1ccc(-c4ccccc4)cc1B3c1cc(-c3ccccc3)ccc1O2. The van der Waals surface area contributed by atoms with E-state index in [1.165, 1.54) is 115 Å². The van der Waals surface area contributed by atoms with Gasteiger partial charge in [-0.3, -0.25) is 0 Å². The second-order valence-corrected chi connectivity index (χ2v) is 17.3. The van der Waals surface area contributed by atoms with Gasteiger partial charge >= 0.3 is 0 Å². The van der Waals surface area contributed by atoms with Gasteiger partial charge in [0.15, 0.2) is 0 Å². The number of benzene rings is 9. The third-order valence-electron chi connectivity index (χ3n) is 13.2. The fraction of sp³-hybridized carbons (Fsp3) is 0.115. The van der Waals surface area contributed by atoms with E-state index >= 15 is 0 Å². The lowest BCUT2D eigenvalue weighted by molar-refractivity contribution is 0.486. The molecule has 2 aliphatic heterocycles. The van der Waals surface area contributed by atoms with Crippen LogP contribution < -0.4 is 26.0 Å². The molecule has 0 spiro atoms. The number of fused-ring (bicyclic) bond motifs is 4. The lowest BCUT2D eigenvalue weighted by Gasteiger charge is -2.42. The van der Waals surface area contributed by atoms with E-state index in [1.807, 2.05) is 0 Å². The third-order valence-corrected chi connectivity index (χ3v) is 13.2. The first-order chi connectivity index (χ1) is 31.7. The summed E-state index contributed by atoms with van der Waals surface area (Å²) in [5.41, 5.74) is 20.4. The molecule has 0 N–H and O–H groups in total. The first-order valence-corrected chi connectivity index (χ1v) is 23.1. The molecule has 2 heterocycles. The molecule has 3 heteroatoms. The second kappa shape index (κ2) is 17.4. The van der Waals surface area contributed by atoms with Gasteiger partial charge in [0, 0.05) is 22.5 Å². The van der Waals surface area contributed by atoms with Gasteiger partial charge in [0.25, 0.3) is 6.71 Å². The number of hydrogen-bond donors (Lipinski definition) is 0. The summed E-state index contributed by atoms with van der Waals surface area (Å²) in [6.45, 7) is 2.23. The summed E-state index contributed by atoms with van der Waals surface area (Å²) in [6.07, 6.45) is 7.14. The zero-order valence-corrected chi connectivity index (χ0v) is 36.4. The molecule has 2 aliphatic rings. The highest BCUT2D eigenvalue weighted by molar-refractivity contribution is 6.99. The molecule has 9 aromatic carbocycles. The van der Waals surface area contributed by atoms with E-state index in [2.05, 4.69) is 224 Å². The van der Waals surface area contributed by atoms with E-state index in [4.69, 9.17) is 4.74 Å². The smallest absolute Gasteiger partial charge is 0.256 e. The zero-order valence-electron chi connectivity index (χ0n) is 36.4. The molecule has 0 radical (unpaired) electrons. The van der Waals surface area contributed by atoms with Crippen molar-refractivity contribution in [1.29, 1.82) is 0 Å². The summed E-state index contributed by atoms with van der Waals surface area (Å²) in [4.78, 5) is 2.61. The summed E-state index contributed by atoms with van der Waals surface area (Å²) in [5.74, 6) is 1.88. The van der Waals surface area contributed by atoms with Crippen LogP contribution in [0.15, 0.2) is 212 Å². The van der Waals surface area contributed by atoms with Crippen LogP contribution in [-0.4, -0.2) is 6.71 Å². The Morgan fingerprint density at radius 2 is 0.891 bits per heavy atom. The number of anilines is 3. The standard InChI is InChI=1S/C61H50BNO/c1-2-3-4-5-11-22-43-37-57-60-59(38-43)64-58-36-34-50(45-25-14-7-15-26-45)42-55(58)62(60)54-41-49(44-23-12-6-13-24-44)33-35-56(54)63(57)61-52(47-29-18-9-19-30-47)39-51(46-27-16-8-17-28-46)40-53(61)48-31-20-10-21-32-48/h6-10,12-21,23-42H,2-5,11,22H2,1H3. The Hall–Kier alpha value is -7.36. The van der Waals surface area contributed by atoms with Gasteiger partial charge in [-0.25, -0.2) is 0 Å². The van der Waals surface area contributed by atoms with Crippen LogP contribution >= 0.6 is 0 Å². The van der Waals surface area contributed by atoms with Crippen molar-refractivity contribution in [3.05, 3.63) is 218 Å². The van der Waals surface area contributed by atoms with E-state index in [1.54, 1.807) is 0 Å². The van der Waals surface area contributed by atoms with Gasteiger partial charge in [-0.1, -0.05) is 209 Å². The molecule has 0 bridgehead atoms. The van der Waals surface area contributed by atoms with Crippen LogP contribution in [0.1, 0.15) is 44.6 Å². The maximum absolute atomic E-state index is 7.19. The van der Waals surface area contributed by atoms with Gasteiger partial charge in [0.2, 0.25) is 0 Å². The Balaban J connectivity index is 1.22. The van der Waals surface area contributed by atoms with E-state index in [9.17, 15) is 0 Å². The molecule has 0 saturated heterocycles. The monoisotopic (exact) mass is 823 g/mol. The number of rotatable bonds is 12. The maximum Gasteiger partial charge on any atom is 0.256 e. The highest BCUT2D eigenvalue weighted by Crippen LogP contribution is 2.51. The van der Waals surface area contributed by atoms with Gasteiger partial charge < -0.3 is 9.64 Å². The maximum atomic E-state index is 7.19. The molecule has 11 rings (SSSR count). The molecule has 64 heavy (non-hydrogen) atoms. The second-order valence-electron chi connectivity index (χ2n) is 17.3. The van der Waals surface area contributed by atoms with Crippen LogP contribution in [0.4, 0.5) is 17.1 Å². The molecule has 0 aromatic heterocycles. The minimum Gasteiger partial charge on any atom is -0.458 e. The Bertz CT molecular complexity index is 3020. The number of hydrogen-bond acceptors (Lipinski definition) is 2. The van der Waals surface area contributed by atoms with Crippen LogP contribution in [0, 0.1) is 0 Å². The van der Waals surface area contributed by atoms with Crippen molar-refractivity contribution in [1.82, 2.24) is 0 Å². The molecule has 0 unspecified atom stereocenters. The number of aryl methyl sites for hydroxylation is 1. The highest BCUT2D eigenvalue weighted by Gasteiger charge is 2.43. The molecule has 0 fully saturated rings. The fourth-order valence-electron chi connectivity index (χ4n) is 10.1. The minimum absolute atomic E-state index is 0.0603. The Morgan fingerprint density at radius 1 is 0.391 bits per heavy atom. The summed E-state index contributed by atoms with van der Waals surface area (Å²) in [6, 6.07) is 78.1. The predicted molar refractivity (Wildman–Crippen MR) is 272 cm³/mol. The average Bonchev–Trinajstić information content (AvgIpc) is 3.37. The first-order valence-electron chi connectivity index (χ1n) is 23.1. The summed E-state index contributed by atoms with van der Waals surface area (Å²) < 4.78 is 7.19. The van der Waals surface area contributed by atoms with Gasteiger partial charge in [-0.15, -0.1) is 0 Å². The first kappa shape index (κ1) is 39.5. The van der Waals surface area contributed by atoms with Crippen molar-refractivity contribution in [2.75, 3.05) is 4.90 Å². The average molecular weight is 824 g/mol. The number of nitrogens with zero attached hydrogens (tertiary/aromatic N) is 1. The van der Waals surface area contributed by atoms with Crippen molar-refractivity contribution in [3.63, 3.8) is 0 Å². The van der Waals surface area contributed by atoms with Crippen LogP contribution in [0.25, 0.3) is 55.6 Å². The van der Waals surface area contributed by atoms with Crippen molar-refractivity contribution in [2.24, 2.45) is 0 Å². The molecular weight excluding hydrogens is 773 g/mol. The molecule has 0 aliphatic carbocycles. The number of ether oxygens (including phenoxy) is 1. The third kappa shape index (κ3) is 7.41. The van der Waals surface area contributed by atoms with Gasteiger partial charge in [-0.05, 0) is 116 Å². The van der Waals surface area contributed by atoms with Crippen molar-refractivity contribution in [2.45, 2.75) is 45.4 Å².